The zero-order chi connectivity index (χ0) is 19.3. The number of carbonyl (C=O) groups excluding carboxylic acids is 1. The Morgan fingerprint density at radius 3 is 2.61 bits per heavy atom. The van der Waals surface area contributed by atoms with Crippen LogP contribution in [0.25, 0.3) is 11.0 Å². The average molecular weight is 404 g/mol. The quantitative estimate of drug-likeness (QED) is 0.644. The third-order valence-corrected chi connectivity index (χ3v) is 5.25. The van der Waals surface area contributed by atoms with Gasteiger partial charge in [0.1, 0.15) is 23.3 Å². The Morgan fingerprint density at radius 2 is 1.96 bits per heavy atom. The Labute approximate surface area is 169 Å². The van der Waals surface area contributed by atoms with Crippen molar-refractivity contribution in [1.29, 1.82) is 0 Å². The van der Waals surface area contributed by atoms with Gasteiger partial charge in [-0.2, -0.15) is 0 Å². The predicted molar refractivity (Wildman–Crippen MR) is 109 cm³/mol. The highest BCUT2D eigenvalue weighted by Gasteiger charge is 2.30. The van der Waals surface area contributed by atoms with E-state index in [0.717, 1.165) is 34.4 Å². The van der Waals surface area contributed by atoms with Crippen molar-refractivity contribution in [2.75, 3.05) is 14.1 Å². The molecule has 0 unspecified atom stereocenters. The van der Waals surface area contributed by atoms with Crippen LogP contribution >= 0.6 is 12.4 Å². The zero-order valence-corrected chi connectivity index (χ0v) is 17.1. The summed E-state index contributed by atoms with van der Waals surface area (Å²) in [4.78, 5) is 19.0. The van der Waals surface area contributed by atoms with Crippen molar-refractivity contribution in [3.8, 4) is 5.75 Å². The van der Waals surface area contributed by atoms with Crippen molar-refractivity contribution in [3.63, 3.8) is 0 Å². The topological polar surface area (TPSA) is 47.4 Å². The number of fused-ring (bicyclic) bond motifs is 3. The maximum atomic E-state index is 13.3. The van der Waals surface area contributed by atoms with Crippen LogP contribution in [0.1, 0.15) is 39.8 Å². The van der Waals surface area contributed by atoms with E-state index in [9.17, 15) is 9.18 Å². The largest absolute Gasteiger partial charge is 0.483 e. The summed E-state index contributed by atoms with van der Waals surface area (Å²) in [7, 11) is 5.43. The van der Waals surface area contributed by atoms with Crippen LogP contribution in [-0.2, 0) is 13.5 Å². The SMILES string of the molecule is Cc1nc2c3c(c(C(=O)N(C)C)cc2n1C)CC[C@@H](c1ccc(F)cc1)O3.Cl. The number of hydrogen-bond acceptors (Lipinski definition) is 3. The Kier molecular flexibility index (Phi) is 5.35. The maximum absolute atomic E-state index is 13.3. The second-order valence-electron chi connectivity index (χ2n) is 7.21. The molecule has 28 heavy (non-hydrogen) atoms. The van der Waals surface area contributed by atoms with E-state index in [-0.39, 0.29) is 30.2 Å². The van der Waals surface area contributed by atoms with Crippen molar-refractivity contribution in [2.45, 2.75) is 25.9 Å². The van der Waals surface area contributed by atoms with Crippen LogP contribution < -0.4 is 4.74 Å². The Hall–Kier alpha value is -2.60. The first kappa shape index (κ1) is 20.1. The number of rotatable bonds is 2. The summed E-state index contributed by atoms with van der Waals surface area (Å²) in [6, 6.07) is 8.31. The molecular weight excluding hydrogens is 381 g/mol. The fourth-order valence-electron chi connectivity index (χ4n) is 3.64. The van der Waals surface area contributed by atoms with E-state index in [0.29, 0.717) is 17.7 Å². The lowest BCUT2D eigenvalue weighted by Crippen LogP contribution is -2.25. The van der Waals surface area contributed by atoms with Gasteiger partial charge in [0.05, 0.1) is 5.52 Å². The van der Waals surface area contributed by atoms with Crippen LogP contribution in [0, 0.1) is 12.7 Å². The molecule has 1 aliphatic rings. The summed E-state index contributed by atoms with van der Waals surface area (Å²) in [5.74, 6) is 1.21. The lowest BCUT2D eigenvalue weighted by Gasteiger charge is -2.28. The molecule has 2 aromatic carbocycles. The van der Waals surface area contributed by atoms with E-state index in [1.807, 2.05) is 24.6 Å². The highest BCUT2D eigenvalue weighted by Crippen LogP contribution is 2.41. The lowest BCUT2D eigenvalue weighted by atomic mass is 9.93. The predicted octanol–water partition coefficient (Wildman–Crippen LogP) is 4.21. The number of ether oxygens (including phenoxy) is 1. The van der Waals surface area contributed by atoms with Crippen LogP contribution in [0.3, 0.4) is 0 Å². The number of imidazole rings is 1. The normalized spacial score (nSPS) is 15.5. The first-order valence-electron chi connectivity index (χ1n) is 8.99. The Bertz CT molecular complexity index is 1040. The van der Waals surface area contributed by atoms with Crippen molar-refractivity contribution in [2.24, 2.45) is 7.05 Å². The maximum Gasteiger partial charge on any atom is 0.253 e. The summed E-state index contributed by atoms with van der Waals surface area (Å²) >= 11 is 0. The number of carbonyl (C=O) groups is 1. The van der Waals surface area contributed by atoms with Crippen molar-refractivity contribution in [1.82, 2.24) is 14.5 Å². The Morgan fingerprint density at radius 1 is 1.29 bits per heavy atom. The van der Waals surface area contributed by atoms with E-state index >= 15 is 0 Å². The van der Waals surface area contributed by atoms with Crippen LogP contribution in [0.5, 0.6) is 5.75 Å². The smallest absolute Gasteiger partial charge is 0.253 e. The molecule has 1 aromatic heterocycles. The molecule has 0 N–H and O–H groups in total. The molecular formula is C21H23ClFN3O2. The molecule has 1 amide bonds. The number of halogens is 2. The number of hydrogen-bond donors (Lipinski definition) is 0. The third kappa shape index (κ3) is 3.22. The number of benzene rings is 2. The molecule has 7 heteroatoms. The minimum absolute atomic E-state index is 0. The van der Waals surface area contributed by atoms with Crippen LogP contribution in [0.2, 0.25) is 0 Å². The van der Waals surface area contributed by atoms with Gasteiger partial charge < -0.3 is 14.2 Å². The molecule has 0 bridgehead atoms. The monoisotopic (exact) mass is 403 g/mol. The zero-order valence-electron chi connectivity index (χ0n) is 16.3. The van der Waals surface area contributed by atoms with E-state index in [2.05, 4.69) is 4.98 Å². The summed E-state index contributed by atoms with van der Waals surface area (Å²) in [5, 5.41) is 0. The van der Waals surface area contributed by atoms with E-state index in [1.54, 1.807) is 31.1 Å². The van der Waals surface area contributed by atoms with Gasteiger partial charge in [-0.1, -0.05) is 12.1 Å². The number of nitrogens with zero attached hydrogens (tertiary/aromatic N) is 3. The van der Waals surface area contributed by atoms with Gasteiger partial charge in [-0.3, -0.25) is 4.79 Å². The minimum Gasteiger partial charge on any atom is -0.483 e. The molecule has 148 valence electrons. The van der Waals surface area contributed by atoms with Gasteiger partial charge in [-0.05, 0) is 43.5 Å². The summed E-state index contributed by atoms with van der Waals surface area (Å²) < 4.78 is 21.6. The fraction of sp³-hybridized carbons (Fsp3) is 0.333. The fourth-order valence-corrected chi connectivity index (χ4v) is 3.64. The van der Waals surface area contributed by atoms with Crippen LogP contribution in [0.4, 0.5) is 4.39 Å². The van der Waals surface area contributed by atoms with E-state index < -0.39 is 0 Å². The van der Waals surface area contributed by atoms with Gasteiger partial charge in [-0.15, -0.1) is 12.4 Å². The van der Waals surface area contributed by atoms with E-state index in [1.165, 1.54) is 12.1 Å². The number of amides is 1. The van der Waals surface area contributed by atoms with Crippen molar-refractivity contribution >= 4 is 29.3 Å². The van der Waals surface area contributed by atoms with Gasteiger partial charge >= 0.3 is 0 Å². The summed E-state index contributed by atoms with van der Waals surface area (Å²) in [5.41, 5.74) is 4.12. The second-order valence-corrected chi connectivity index (χ2v) is 7.21. The molecule has 0 saturated heterocycles. The van der Waals surface area contributed by atoms with E-state index in [4.69, 9.17) is 4.74 Å². The second kappa shape index (κ2) is 7.43. The first-order valence-corrected chi connectivity index (χ1v) is 8.99. The van der Waals surface area contributed by atoms with Crippen molar-refractivity contribution in [3.05, 3.63) is 58.7 Å². The van der Waals surface area contributed by atoms with Gasteiger partial charge in [0.2, 0.25) is 0 Å². The molecule has 2 heterocycles. The standard InChI is InChI=1S/C21H22FN3O2.ClH/c1-12-23-19-17(25(12)4)11-16(21(26)24(2)3)15-9-10-18(27-20(15)19)13-5-7-14(22)8-6-13;/h5-8,11,18H,9-10H2,1-4H3;1H/t18-;/m0./s1. The number of aromatic nitrogens is 2. The first-order chi connectivity index (χ1) is 12.9. The molecule has 0 fully saturated rings. The molecule has 3 aromatic rings. The van der Waals surface area contributed by atoms with Gasteiger partial charge in [-0.25, -0.2) is 9.37 Å². The molecule has 1 aliphatic heterocycles. The summed E-state index contributed by atoms with van der Waals surface area (Å²) in [6.07, 6.45) is 1.25. The molecule has 0 radical (unpaired) electrons. The van der Waals surface area contributed by atoms with Crippen LogP contribution in [-0.4, -0.2) is 34.5 Å². The van der Waals surface area contributed by atoms with Crippen LogP contribution in [0.15, 0.2) is 30.3 Å². The molecule has 5 nitrogen and oxygen atoms in total. The average Bonchev–Trinajstić information content (AvgIpc) is 2.95. The molecule has 1 atom stereocenters. The highest BCUT2D eigenvalue weighted by atomic mass is 35.5. The van der Waals surface area contributed by atoms with Gasteiger partial charge in [0.25, 0.3) is 5.91 Å². The Balaban J connectivity index is 0.00000225. The van der Waals surface area contributed by atoms with Crippen molar-refractivity contribution < 1.29 is 13.9 Å². The minimum atomic E-state index is -0.267. The molecule has 0 spiro atoms. The number of aryl methyl sites for hydroxylation is 2. The van der Waals surface area contributed by atoms with Gasteiger partial charge in [0.15, 0.2) is 5.75 Å². The lowest BCUT2D eigenvalue weighted by molar-refractivity contribution is 0.0823. The molecule has 0 aliphatic carbocycles. The van der Waals surface area contributed by atoms with Gasteiger partial charge in [0, 0.05) is 32.3 Å². The highest BCUT2D eigenvalue weighted by molar-refractivity contribution is 6.01. The third-order valence-electron chi connectivity index (χ3n) is 5.25. The molecule has 0 saturated carbocycles. The molecule has 4 rings (SSSR count). The summed E-state index contributed by atoms with van der Waals surface area (Å²) in [6.45, 7) is 1.93.